The average molecular weight is 326 g/mol. The maximum Gasteiger partial charge on any atom is 0.254 e. The molecule has 2 fully saturated rings. The standard InChI is InChI=1S/C18H22N4O2/c1-12-10-16(24-21-12)14-11-19-20-17(14)15-8-5-9-22(15)18(23)13-6-3-2-4-7-13/h2-4,6-7,10,14-15,17,19-20H,5,8-9,11H2,1H3. The van der Waals surface area contributed by atoms with E-state index >= 15 is 0 Å². The van der Waals surface area contributed by atoms with Gasteiger partial charge in [-0.2, -0.15) is 0 Å². The van der Waals surface area contributed by atoms with Gasteiger partial charge in [0.15, 0.2) is 0 Å². The van der Waals surface area contributed by atoms with Gasteiger partial charge in [-0.3, -0.25) is 15.6 Å². The molecule has 0 spiro atoms. The number of hydrogen-bond acceptors (Lipinski definition) is 5. The third-order valence-electron chi connectivity index (χ3n) is 5.03. The third kappa shape index (κ3) is 2.72. The van der Waals surface area contributed by atoms with Crippen LogP contribution in [0.1, 0.15) is 40.6 Å². The lowest BCUT2D eigenvalue weighted by Crippen LogP contribution is -2.49. The lowest BCUT2D eigenvalue weighted by molar-refractivity contribution is 0.0701. The zero-order chi connectivity index (χ0) is 16.5. The van der Waals surface area contributed by atoms with Gasteiger partial charge in [-0.1, -0.05) is 23.4 Å². The highest BCUT2D eigenvalue weighted by molar-refractivity contribution is 5.94. The Morgan fingerprint density at radius 1 is 1.33 bits per heavy atom. The minimum atomic E-state index is 0.110. The zero-order valence-electron chi connectivity index (χ0n) is 13.7. The minimum absolute atomic E-state index is 0.110. The van der Waals surface area contributed by atoms with Gasteiger partial charge in [0.05, 0.1) is 17.7 Å². The number of rotatable bonds is 3. The number of nitrogens with one attached hydrogen (secondary N) is 2. The first-order valence-corrected chi connectivity index (χ1v) is 8.51. The number of likely N-dealkylation sites (tertiary alicyclic amines) is 1. The minimum Gasteiger partial charge on any atom is -0.361 e. The summed E-state index contributed by atoms with van der Waals surface area (Å²) < 4.78 is 5.48. The van der Waals surface area contributed by atoms with E-state index in [9.17, 15) is 4.79 Å². The van der Waals surface area contributed by atoms with Crippen molar-refractivity contribution in [3.05, 3.63) is 53.4 Å². The normalized spacial score (nSPS) is 26.9. The fourth-order valence-corrected chi connectivity index (χ4v) is 3.88. The summed E-state index contributed by atoms with van der Waals surface area (Å²) in [7, 11) is 0. The Balaban J connectivity index is 1.57. The predicted molar refractivity (Wildman–Crippen MR) is 89.4 cm³/mol. The van der Waals surface area contributed by atoms with Crippen molar-refractivity contribution in [2.24, 2.45) is 0 Å². The van der Waals surface area contributed by atoms with E-state index < -0.39 is 0 Å². The Bertz CT molecular complexity index is 715. The van der Waals surface area contributed by atoms with E-state index in [-0.39, 0.29) is 23.9 Å². The van der Waals surface area contributed by atoms with E-state index in [1.54, 1.807) is 0 Å². The second kappa shape index (κ2) is 6.37. The van der Waals surface area contributed by atoms with Crippen LogP contribution < -0.4 is 10.9 Å². The Morgan fingerprint density at radius 2 is 2.17 bits per heavy atom. The van der Waals surface area contributed by atoms with Crippen LogP contribution in [0.5, 0.6) is 0 Å². The average Bonchev–Trinajstić information content (AvgIpc) is 3.34. The number of aryl methyl sites for hydroxylation is 1. The largest absolute Gasteiger partial charge is 0.361 e. The highest BCUT2D eigenvalue weighted by Crippen LogP contribution is 2.32. The molecule has 1 aromatic carbocycles. The molecule has 0 aliphatic carbocycles. The number of benzene rings is 1. The first kappa shape index (κ1) is 15.4. The molecule has 2 N–H and O–H groups in total. The molecular formula is C18H22N4O2. The quantitative estimate of drug-likeness (QED) is 0.901. The first-order chi connectivity index (χ1) is 11.7. The molecule has 2 aliphatic rings. The van der Waals surface area contributed by atoms with E-state index in [1.807, 2.05) is 48.2 Å². The molecule has 0 saturated carbocycles. The zero-order valence-corrected chi connectivity index (χ0v) is 13.7. The monoisotopic (exact) mass is 326 g/mol. The SMILES string of the molecule is Cc1cc(C2CNNC2C2CCCN2C(=O)c2ccccc2)on1. The van der Waals surface area contributed by atoms with E-state index in [0.717, 1.165) is 42.9 Å². The van der Waals surface area contributed by atoms with Crippen molar-refractivity contribution in [2.45, 2.75) is 37.8 Å². The highest BCUT2D eigenvalue weighted by atomic mass is 16.5. The number of hydrogen-bond donors (Lipinski definition) is 2. The summed E-state index contributed by atoms with van der Waals surface area (Å²) in [6.45, 7) is 3.51. The molecule has 1 amide bonds. The maximum absolute atomic E-state index is 12.9. The summed E-state index contributed by atoms with van der Waals surface area (Å²) >= 11 is 0. The molecule has 2 aliphatic heterocycles. The Labute approximate surface area is 141 Å². The Morgan fingerprint density at radius 3 is 2.92 bits per heavy atom. The van der Waals surface area contributed by atoms with Crippen LogP contribution in [-0.4, -0.2) is 41.1 Å². The third-order valence-corrected chi connectivity index (χ3v) is 5.03. The van der Waals surface area contributed by atoms with Crippen LogP contribution in [0.15, 0.2) is 40.9 Å². The van der Waals surface area contributed by atoms with Crippen LogP contribution in [0.2, 0.25) is 0 Å². The molecule has 3 heterocycles. The van der Waals surface area contributed by atoms with Crippen LogP contribution >= 0.6 is 0 Å². The smallest absolute Gasteiger partial charge is 0.254 e. The molecule has 6 heteroatoms. The number of aromatic nitrogens is 1. The number of nitrogens with zero attached hydrogens (tertiary/aromatic N) is 2. The van der Waals surface area contributed by atoms with Gasteiger partial charge in [-0.05, 0) is 31.9 Å². The molecule has 3 unspecified atom stereocenters. The molecule has 0 radical (unpaired) electrons. The van der Waals surface area contributed by atoms with Gasteiger partial charge in [-0.15, -0.1) is 0 Å². The number of hydrazine groups is 1. The van der Waals surface area contributed by atoms with Crippen LogP contribution in [-0.2, 0) is 0 Å². The second-order valence-corrected chi connectivity index (χ2v) is 6.60. The van der Waals surface area contributed by atoms with E-state index in [4.69, 9.17) is 4.52 Å². The number of carbonyl (C=O) groups excluding carboxylic acids is 1. The van der Waals surface area contributed by atoms with Gasteiger partial charge in [-0.25, -0.2) is 0 Å². The van der Waals surface area contributed by atoms with Crippen molar-refractivity contribution in [2.75, 3.05) is 13.1 Å². The van der Waals surface area contributed by atoms with Crippen LogP contribution in [0.25, 0.3) is 0 Å². The lowest BCUT2D eigenvalue weighted by atomic mass is 9.91. The van der Waals surface area contributed by atoms with Crippen LogP contribution in [0.3, 0.4) is 0 Å². The molecule has 126 valence electrons. The van der Waals surface area contributed by atoms with Gasteiger partial charge in [0.25, 0.3) is 5.91 Å². The topological polar surface area (TPSA) is 70.4 Å². The fraction of sp³-hybridized carbons (Fsp3) is 0.444. The Hall–Kier alpha value is -2.18. The molecular weight excluding hydrogens is 304 g/mol. The molecule has 24 heavy (non-hydrogen) atoms. The van der Waals surface area contributed by atoms with E-state index in [1.165, 1.54) is 0 Å². The lowest BCUT2D eigenvalue weighted by Gasteiger charge is -2.31. The molecule has 2 saturated heterocycles. The van der Waals surface area contributed by atoms with Crippen LogP contribution in [0, 0.1) is 6.92 Å². The number of amides is 1. The van der Waals surface area contributed by atoms with Crippen molar-refractivity contribution >= 4 is 5.91 Å². The van der Waals surface area contributed by atoms with Gasteiger partial charge in [0.1, 0.15) is 5.76 Å². The second-order valence-electron chi connectivity index (χ2n) is 6.60. The molecule has 4 rings (SSSR count). The van der Waals surface area contributed by atoms with E-state index in [0.29, 0.717) is 0 Å². The molecule has 1 aromatic heterocycles. The van der Waals surface area contributed by atoms with E-state index in [2.05, 4.69) is 16.0 Å². The summed E-state index contributed by atoms with van der Waals surface area (Å²) in [5.74, 6) is 1.17. The summed E-state index contributed by atoms with van der Waals surface area (Å²) in [6.07, 6.45) is 2.03. The molecule has 0 bridgehead atoms. The fourth-order valence-electron chi connectivity index (χ4n) is 3.88. The van der Waals surface area contributed by atoms with Crippen LogP contribution in [0.4, 0.5) is 0 Å². The van der Waals surface area contributed by atoms with Crippen molar-refractivity contribution in [3.8, 4) is 0 Å². The van der Waals surface area contributed by atoms with Crippen molar-refractivity contribution in [1.82, 2.24) is 20.9 Å². The van der Waals surface area contributed by atoms with Crippen molar-refractivity contribution < 1.29 is 9.32 Å². The Kier molecular flexibility index (Phi) is 4.08. The summed E-state index contributed by atoms with van der Waals surface area (Å²) in [4.78, 5) is 14.9. The molecule has 6 nitrogen and oxygen atoms in total. The summed E-state index contributed by atoms with van der Waals surface area (Å²) in [5, 5.41) is 4.01. The molecule has 2 aromatic rings. The molecule has 3 atom stereocenters. The van der Waals surface area contributed by atoms with Gasteiger partial charge in [0, 0.05) is 30.8 Å². The maximum atomic E-state index is 12.9. The predicted octanol–water partition coefficient (Wildman–Crippen LogP) is 1.85. The summed E-state index contributed by atoms with van der Waals surface area (Å²) in [6, 6.07) is 11.8. The van der Waals surface area contributed by atoms with Crippen molar-refractivity contribution in [1.29, 1.82) is 0 Å². The van der Waals surface area contributed by atoms with Gasteiger partial charge >= 0.3 is 0 Å². The first-order valence-electron chi connectivity index (χ1n) is 8.51. The van der Waals surface area contributed by atoms with Gasteiger partial charge in [0.2, 0.25) is 0 Å². The highest BCUT2D eigenvalue weighted by Gasteiger charge is 2.43. The summed E-state index contributed by atoms with van der Waals surface area (Å²) in [5.41, 5.74) is 8.23. The van der Waals surface area contributed by atoms with Crippen molar-refractivity contribution in [3.63, 3.8) is 0 Å². The number of carbonyl (C=O) groups is 1. The van der Waals surface area contributed by atoms with Gasteiger partial charge < -0.3 is 9.42 Å².